The van der Waals surface area contributed by atoms with E-state index in [-0.39, 0.29) is 16.6 Å². The van der Waals surface area contributed by atoms with E-state index < -0.39 is 10.0 Å². The summed E-state index contributed by atoms with van der Waals surface area (Å²) in [4.78, 5) is 16.5. The molecule has 1 aliphatic heterocycles. The van der Waals surface area contributed by atoms with Gasteiger partial charge in [0.15, 0.2) is 0 Å². The normalized spacial score (nSPS) is 19.9. The Hall–Kier alpha value is -1.64. The number of rotatable bonds is 4. The zero-order valence-corrected chi connectivity index (χ0v) is 12.3. The Morgan fingerprint density at radius 2 is 2.00 bits per heavy atom. The van der Waals surface area contributed by atoms with Crippen molar-refractivity contribution in [2.75, 3.05) is 13.1 Å². The van der Waals surface area contributed by atoms with Gasteiger partial charge in [0.05, 0.1) is 15.9 Å². The first-order valence-electron chi connectivity index (χ1n) is 7.00. The van der Waals surface area contributed by atoms with Gasteiger partial charge in [-0.2, -0.15) is 0 Å². The van der Waals surface area contributed by atoms with Gasteiger partial charge in [-0.3, -0.25) is 0 Å². The average molecular weight is 310 g/mol. The third kappa shape index (κ3) is 3.17. The van der Waals surface area contributed by atoms with Crippen molar-refractivity contribution in [3.63, 3.8) is 0 Å². The molecule has 0 radical (unpaired) electrons. The zero-order valence-electron chi connectivity index (χ0n) is 11.5. The summed E-state index contributed by atoms with van der Waals surface area (Å²) in [5.41, 5.74) is 0.727. The number of imidazole rings is 1. The summed E-state index contributed by atoms with van der Waals surface area (Å²) in [6.45, 7) is 1.31. The molecule has 1 saturated heterocycles. The molecule has 3 rings (SSSR count). The third-order valence-corrected chi connectivity index (χ3v) is 5.15. The molecule has 21 heavy (non-hydrogen) atoms. The molecule has 1 aromatic carbocycles. The molecule has 114 valence electrons. The summed E-state index contributed by atoms with van der Waals surface area (Å²) in [6.07, 6.45) is 3.24. The van der Waals surface area contributed by atoms with Gasteiger partial charge in [-0.25, -0.2) is 17.9 Å². The predicted octanol–water partition coefficient (Wildman–Crippen LogP) is 0.277. The maximum Gasteiger partial charge on any atom is 0.323 e. The van der Waals surface area contributed by atoms with Crippen LogP contribution in [-0.2, 0) is 10.0 Å². The highest BCUT2D eigenvalue weighted by molar-refractivity contribution is 7.89. The highest BCUT2D eigenvalue weighted by atomic mass is 32.2. The minimum atomic E-state index is -3.57. The van der Waals surface area contributed by atoms with Gasteiger partial charge in [-0.15, -0.1) is 0 Å². The maximum atomic E-state index is 12.3. The van der Waals surface area contributed by atoms with E-state index in [1.807, 2.05) is 0 Å². The van der Waals surface area contributed by atoms with E-state index in [4.69, 9.17) is 0 Å². The van der Waals surface area contributed by atoms with Crippen molar-refractivity contribution in [1.82, 2.24) is 20.0 Å². The van der Waals surface area contributed by atoms with Crippen LogP contribution in [0, 0.1) is 0 Å². The van der Waals surface area contributed by atoms with Gasteiger partial charge in [0.2, 0.25) is 10.0 Å². The molecule has 0 aliphatic carbocycles. The molecule has 0 saturated carbocycles. The Morgan fingerprint density at radius 3 is 2.76 bits per heavy atom. The van der Waals surface area contributed by atoms with Gasteiger partial charge in [0, 0.05) is 12.6 Å². The van der Waals surface area contributed by atoms with Gasteiger partial charge >= 0.3 is 5.69 Å². The second-order valence-electron chi connectivity index (χ2n) is 5.29. The van der Waals surface area contributed by atoms with Crippen LogP contribution in [0.4, 0.5) is 0 Å². The quantitative estimate of drug-likeness (QED) is 0.650. The molecule has 2 heterocycles. The third-order valence-electron chi connectivity index (χ3n) is 3.73. The summed E-state index contributed by atoms with van der Waals surface area (Å²) in [5.74, 6) is 0. The smallest absolute Gasteiger partial charge is 0.313 e. The second kappa shape index (κ2) is 5.63. The minimum Gasteiger partial charge on any atom is -0.313 e. The summed E-state index contributed by atoms with van der Waals surface area (Å²) in [6, 6.07) is 4.72. The standard InChI is InChI=1S/C13H18N4O3S/c18-13-16-11-5-4-10(7-12(11)17-13)21(19,20)15-8-9-3-1-2-6-14-9/h4-5,7,9,14-15H,1-3,6,8H2,(H2,16,17,18). The van der Waals surface area contributed by atoms with E-state index in [0.717, 1.165) is 25.8 Å². The number of hydrogen-bond donors (Lipinski definition) is 4. The summed E-state index contributed by atoms with van der Waals surface area (Å²) < 4.78 is 27.2. The number of piperidine rings is 1. The Kier molecular flexibility index (Phi) is 3.83. The molecular weight excluding hydrogens is 292 g/mol. The van der Waals surface area contributed by atoms with Crippen molar-refractivity contribution in [3.05, 3.63) is 28.7 Å². The van der Waals surface area contributed by atoms with Crippen LogP contribution in [0.15, 0.2) is 27.9 Å². The SMILES string of the molecule is O=c1[nH]c2ccc(S(=O)(=O)NCC3CCCCN3)cc2[nH]1. The number of nitrogens with one attached hydrogen (secondary N) is 4. The van der Waals surface area contributed by atoms with E-state index in [0.29, 0.717) is 17.6 Å². The van der Waals surface area contributed by atoms with Crippen LogP contribution in [0.5, 0.6) is 0 Å². The Morgan fingerprint density at radius 1 is 1.19 bits per heavy atom. The second-order valence-corrected chi connectivity index (χ2v) is 7.05. The maximum absolute atomic E-state index is 12.3. The van der Waals surface area contributed by atoms with E-state index >= 15 is 0 Å². The fourth-order valence-electron chi connectivity index (χ4n) is 2.57. The Balaban J connectivity index is 1.77. The highest BCUT2D eigenvalue weighted by Gasteiger charge is 2.19. The molecule has 1 atom stereocenters. The number of benzene rings is 1. The fourth-order valence-corrected chi connectivity index (χ4v) is 3.68. The Labute approximate surface area is 122 Å². The number of fused-ring (bicyclic) bond motifs is 1. The van der Waals surface area contributed by atoms with Gasteiger partial charge in [-0.1, -0.05) is 6.42 Å². The summed E-state index contributed by atoms with van der Waals surface area (Å²) >= 11 is 0. The van der Waals surface area contributed by atoms with Crippen LogP contribution in [0.25, 0.3) is 11.0 Å². The average Bonchev–Trinajstić information content (AvgIpc) is 2.85. The predicted molar refractivity (Wildman–Crippen MR) is 79.7 cm³/mol. The fraction of sp³-hybridized carbons (Fsp3) is 0.462. The van der Waals surface area contributed by atoms with Gasteiger partial charge in [0.25, 0.3) is 0 Å². The first-order valence-corrected chi connectivity index (χ1v) is 8.48. The van der Waals surface area contributed by atoms with E-state index in [1.165, 1.54) is 12.1 Å². The first kappa shape index (κ1) is 14.3. The van der Waals surface area contributed by atoms with Crippen molar-refractivity contribution in [1.29, 1.82) is 0 Å². The molecule has 0 amide bonds. The number of hydrogen-bond acceptors (Lipinski definition) is 4. The summed E-state index contributed by atoms with van der Waals surface area (Å²) in [7, 11) is -3.57. The molecule has 1 unspecified atom stereocenters. The minimum absolute atomic E-state index is 0.154. The number of aromatic nitrogens is 2. The van der Waals surface area contributed by atoms with Crippen LogP contribution in [0.3, 0.4) is 0 Å². The lowest BCUT2D eigenvalue weighted by molar-refractivity contribution is 0.398. The topological polar surface area (TPSA) is 107 Å². The lowest BCUT2D eigenvalue weighted by Gasteiger charge is -2.23. The van der Waals surface area contributed by atoms with Gasteiger partial charge < -0.3 is 15.3 Å². The van der Waals surface area contributed by atoms with E-state index in [1.54, 1.807) is 6.07 Å². The zero-order chi connectivity index (χ0) is 14.9. The van der Waals surface area contributed by atoms with Crippen LogP contribution < -0.4 is 15.7 Å². The molecular formula is C13H18N4O3S. The van der Waals surface area contributed by atoms with Crippen LogP contribution in [0.2, 0.25) is 0 Å². The van der Waals surface area contributed by atoms with Crippen LogP contribution in [0.1, 0.15) is 19.3 Å². The van der Waals surface area contributed by atoms with Crippen molar-refractivity contribution in [2.45, 2.75) is 30.2 Å². The van der Waals surface area contributed by atoms with E-state index in [2.05, 4.69) is 20.0 Å². The molecule has 7 nitrogen and oxygen atoms in total. The molecule has 0 spiro atoms. The molecule has 1 aliphatic rings. The van der Waals surface area contributed by atoms with Crippen molar-refractivity contribution >= 4 is 21.1 Å². The lowest BCUT2D eigenvalue weighted by atomic mass is 10.1. The first-order chi connectivity index (χ1) is 10.0. The number of H-pyrrole nitrogens is 2. The van der Waals surface area contributed by atoms with Gasteiger partial charge in [0.1, 0.15) is 0 Å². The molecule has 0 bridgehead atoms. The van der Waals surface area contributed by atoms with Crippen molar-refractivity contribution in [3.8, 4) is 0 Å². The highest BCUT2D eigenvalue weighted by Crippen LogP contribution is 2.15. The number of sulfonamides is 1. The van der Waals surface area contributed by atoms with Crippen LogP contribution >= 0.6 is 0 Å². The monoisotopic (exact) mass is 310 g/mol. The molecule has 2 aromatic rings. The molecule has 1 aromatic heterocycles. The van der Waals surface area contributed by atoms with Crippen molar-refractivity contribution in [2.24, 2.45) is 0 Å². The lowest BCUT2D eigenvalue weighted by Crippen LogP contribution is -2.43. The van der Waals surface area contributed by atoms with Crippen LogP contribution in [-0.4, -0.2) is 37.5 Å². The summed E-state index contributed by atoms with van der Waals surface area (Å²) in [5, 5.41) is 3.30. The molecule has 4 N–H and O–H groups in total. The van der Waals surface area contributed by atoms with E-state index in [9.17, 15) is 13.2 Å². The largest absolute Gasteiger partial charge is 0.323 e. The van der Waals surface area contributed by atoms with Crippen molar-refractivity contribution < 1.29 is 8.42 Å². The number of aromatic amines is 2. The van der Waals surface area contributed by atoms with Gasteiger partial charge in [-0.05, 0) is 37.6 Å². The Bertz CT molecular complexity index is 787. The molecule has 1 fully saturated rings. The molecule has 8 heteroatoms.